The molecule has 2 unspecified atom stereocenters. The first-order valence-corrected chi connectivity index (χ1v) is 26.7. The molecule has 5 aliphatic heterocycles. The van der Waals surface area contributed by atoms with Crippen LogP contribution in [-0.4, -0.2) is 138 Å². The maximum atomic E-state index is 13.3. The molecule has 4 saturated heterocycles. The minimum Gasteiger partial charge on any atom is -0.494 e. The van der Waals surface area contributed by atoms with Crippen LogP contribution in [-0.2, 0) is 30.8 Å². The highest BCUT2D eigenvalue weighted by atomic mass is 79.9. The van der Waals surface area contributed by atoms with Gasteiger partial charge in [-0.2, -0.15) is 4.98 Å². The number of hydrogen-bond donors (Lipinski definition) is 4. The number of aryl methyl sites for hydroxylation is 1. The van der Waals surface area contributed by atoms with Crippen molar-refractivity contribution >= 4 is 89.2 Å². The molecule has 3 amide bonds. The van der Waals surface area contributed by atoms with E-state index in [4.69, 9.17) is 9.72 Å². The van der Waals surface area contributed by atoms with E-state index in [2.05, 4.69) is 91.4 Å². The van der Waals surface area contributed by atoms with Gasteiger partial charge in [0, 0.05) is 74.1 Å². The summed E-state index contributed by atoms with van der Waals surface area (Å²) in [5.41, 5.74) is 6.98. The highest BCUT2D eigenvalue weighted by Gasteiger charge is 2.44. The van der Waals surface area contributed by atoms with Crippen molar-refractivity contribution in [3.05, 3.63) is 76.2 Å². The second-order valence-corrected chi connectivity index (χ2v) is 21.9. The third-order valence-electron chi connectivity index (χ3n) is 15.2. The molecule has 69 heavy (non-hydrogen) atoms. The third kappa shape index (κ3) is 9.77. The van der Waals surface area contributed by atoms with Crippen molar-refractivity contribution in [2.24, 2.45) is 5.41 Å². The number of carbonyl (C=O) groups excluding carboxylic acids is 3. The van der Waals surface area contributed by atoms with Gasteiger partial charge >= 0.3 is 0 Å². The van der Waals surface area contributed by atoms with Gasteiger partial charge in [-0.15, -0.1) is 0 Å². The van der Waals surface area contributed by atoms with Crippen molar-refractivity contribution < 1.29 is 27.5 Å². The smallest absolute Gasteiger partial charge is 0.254 e. The number of imide groups is 1. The normalized spacial score (nSPS) is 22.6. The number of nitrogens with zero attached hydrogens (tertiary/aromatic N) is 8. The van der Waals surface area contributed by atoms with Crippen LogP contribution in [0, 0.1) is 5.41 Å². The Balaban J connectivity index is 0.726. The maximum absolute atomic E-state index is 13.3. The Hall–Kier alpha value is -5.70. The molecule has 2 aromatic heterocycles. The van der Waals surface area contributed by atoms with Crippen molar-refractivity contribution in [1.82, 2.24) is 40.0 Å². The number of fused-ring (bicyclic) bond motifs is 1. The van der Waals surface area contributed by atoms with Crippen LogP contribution in [0.5, 0.6) is 5.75 Å². The minimum absolute atomic E-state index is 0.0866. The van der Waals surface area contributed by atoms with Gasteiger partial charge in [0.25, 0.3) is 5.91 Å². The topological polar surface area (TPSA) is 207 Å². The summed E-state index contributed by atoms with van der Waals surface area (Å²) >= 11 is 3.55. The number of rotatable bonds is 12. The predicted octanol–water partition coefficient (Wildman–Crippen LogP) is 6.03. The molecule has 2 aromatic carbocycles. The molecule has 0 bridgehead atoms. The molecular weight excluding hydrogens is 965 g/mol. The minimum atomic E-state index is -3.65. The zero-order chi connectivity index (χ0) is 48.0. The fraction of sp³-hybridized carbons (Fsp3) is 0.490. The molecule has 10 rings (SSSR count). The Labute approximate surface area is 410 Å². The van der Waals surface area contributed by atoms with Gasteiger partial charge in [0.15, 0.2) is 0 Å². The Kier molecular flexibility index (Phi) is 13.1. The van der Waals surface area contributed by atoms with E-state index in [-0.39, 0.29) is 35.9 Å². The molecule has 364 valence electrons. The van der Waals surface area contributed by atoms with E-state index < -0.39 is 16.1 Å². The number of piperidine rings is 4. The molecule has 18 nitrogen and oxygen atoms in total. The molecule has 4 fully saturated rings. The van der Waals surface area contributed by atoms with Crippen LogP contribution in [0.25, 0.3) is 11.0 Å². The molecule has 0 radical (unpaired) electrons. The van der Waals surface area contributed by atoms with Crippen molar-refractivity contribution in [3.8, 4) is 5.75 Å². The number of amides is 3. The van der Waals surface area contributed by atoms with Crippen molar-refractivity contribution in [3.63, 3.8) is 0 Å². The number of likely N-dealkylation sites (tertiary alicyclic amines) is 2. The van der Waals surface area contributed by atoms with Crippen molar-refractivity contribution in [1.29, 1.82) is 0 Å². The van der Waals surface area contributed by atoms with Gasteiger partial charge < -0.3 is 30.1 Å². The quantitative estimate of drug-likeness (QED) is 0.120. The number of methoxy groups -OCH3 is 1. The molecule has 7 heterocycles. The van der Waals surface area contributed by atoms with Crippen LogP contribution >= 0.6 is 15.9 Å². The van der Waals surface area contributed by atoms with Gasteiger partial charge in [-0.1, -0.05) is 19.1 Å². The lowest BCUT2D eigenvalue weighted by Crippen LogP contribution is -2.53. The van der Waals surface area contributed by atoms with E-state index in [1.54, 1.807) is 36.5 Å². The average molecular weight is 1020 g/mol. The second kappa shape index (κ2) is 19.2. The number of nitrogens with one attached hydrogen (secondary N) is 4. The first-order chi connectivity index (χ1) is 33.3. The summed E-state index contributed by atoms with van der Waals surface area (Å²) in [4.78, 5) is 65.1. The van der Waals surface area contributed by atoms with E-state index in [9.17, 15) is 22.8 Å². The second-order valence-electron chi connectivity index (χ2n) is 19.3. The van der Waals surface area contributed by atoms with Gasteiger partial charge in [0.1, 0.15) is 23.1 Å². The maximum Gasteiger partial charge on any atom is 0.254 e. The first kappa shape index (κ1) is 47.0. The lowest BCUT2D eigenvalue weighted by molar-refractivity contribution is -0.142. The van der Waals surface area contributed by atoms with Gasteiger partial charge in [-0.3, -0.25) is 39.3 Å². The number of sulfonamides is 1. The Morgan fingerprint density at radius 2 is 1.65 bits per heavy atom. The SMILES string of the molecule is CCc1cc(Nc2ncc(Br)c(Nc3ccc4nccnc4c3NS(C)(=O)=O)n2)c(OC)cc1N1CCC(N2CCC3(CCN(C4C=CC5=C(C4)CN(C4CCC(=O)NC4=O)C5=O)CC3)CC2)CC1. The van der Waals surface area contributed by atoms with Crippen LogP contribution in [0.2, 0.25) is 0 Å². The van der Waals surface area contributed by atoms with E-state index in [0.717, 1.165) is 88.0 Å². The Bertz CT molecular complexity index is 2850. The Morgan fingerprint density at radius 3 is 2.36 bits per heavy atom. The van der Waals surface area contributed by atoms with Crippen LogP contribution in [0.4, 0.5) is 34.5 Å². The van der Waals surface area contributed by atoms with Crippen LogP contribution in [0.3, 0.4) is 0 Å². The van der Waals surface area contributed by atoms with Gasteiger partial charge in [0.05, 0.1) is 40.4 Å². The monoisotopic (exact) mass is 1020 g/mol. The van der Waals surface area contributed by atoms with Crippen LogP contribution in [0.1, 0.15) is 70.3 Å². The van der Waals surface area contributed by atoms with Crippen LogP contribution < -0.4 is 30.3 Å². The van der Waals surface area contributed by atoms with E-state index >= 15 is 0 Å². The number of aromatic nitrogens is 4. The number of ether oxygens (including phenoxy) is 1. The zero-order valence-electron chi connectivity index (χ0n) is 39.3. The number of anilines is 6. The van der Waals surface area contributed by atoms with Crippen LogP contribution in [0.15, 0.2) is 70.6 Å². The van der Waals surface area contributed by atoms with Gasteiger partial charge in [-0.25, -0.2) is 13.4 Å². The molecule has 20 heteroatoms. The number of halogens is 1. The molecular formula is C49H59BrN12O6S. The van der Waals surface area contributed by atoms with Crippen molar-refractivity contribution in [2.75, 3.05) is 79.4 Å². The molecule has 0 saturated carbocycles. The van der Waals surface area contributed by atoms with E-state index in [0.29, 0.717) is 63.1 Å². The summed E-state index contributed by atoms with van der Waals surface area (Å²) in [6.45, 7) is 8.97. The lowest BCUT2D eigenvalue weighted by atomic mass is 9.70. The summed E-state index contributed by atoms with van der Waals surface area (Å²) < 4.78 is 33.9. The molecule has 2 atom stereocenters. The summed E-state index contributed by atoms with van der Waals surface area (Å²) in [6, 6.07) is 7.99. The number of carbonyl (C=O) groups is 3. The molecule has 4 aromatic rings. The fourth-order valence-electron chi connectivity index (χ4n) is 11.4. The van der Waals surface area contributed by atoms with E-state index in [1.807, 2.05) is 6.08 Å². The largest absolute Gasteiger partial charge is 0.494 e. The summed E-state index contributed by atoms with van der Waals surface area (Å²) in [5.74, 6) is 0.699. The first-order valence-electron chi connectivity index (χ1n) is 24.0. The van der Waals surface area contributed by atoms with Gasteiger partial charge in [0.2, 0.25) is 27.8 Å². The molecule has 6 aliphatic rings. The molecule has 1 spiro atoms. The summed E-state index contributed by atoms with van der Waals surface area (Å²) in [7, 11) is -1.98. The number of hydrogen-bond acceptors (Lipinski definition) is 15. The average Bonchev–Trinajstić information content (AvgIpc) is 3.67. The zero-order valence-corrected chi connectivity index (χ0v) is 41.7. The number of benzene rings is 2. The standard InChI is InChI=1S/C49H59BrN12O6S/c1-4-30-26-38(55-48-53-28-35(50)45(57-48)54-37-8-7-36-43(52-18-17-51-36)44(37)58-69(3,66)67)41(68-2)27-40(30)61-19-11-32(12-20-61)59-21-13-49(14-22-59)15-23-60(24-16-49)33-5-6-34-31(25-33)29-62(47(34)65)39-9-10-42(63)56-46(39)64/h5-8,17-18,26-28,32-33,39,58H,4,9-16,19-25,29H2,1-3H3,(H,56,63,64)(H2,53,54,55,57). The summed E-state index contributed by atoms with van der Waals surface area (Å²) in [5, 5.41) is 9.04. The van der Waals surface area contributed by atoms with Crippen molar-refractivity contribution in [2.45, 2.75) is 89.3 Å². The molecule has 1 aliphatic carbocycles. The van der Waals surface area contributed by atoms with Gasteiger partial charge in [-0.05, 0) is 135 Å². The Morgan fingerprint density at radius 1 is 0.913 bits per heavy atom. The highest BCUT2D eigenvalue weighted by molar-refractivity contribution is 9.10. The summed E-state index contributed by atoms with van der Waals surface area (Å²) in [6.07, 6.45) is 19.3. The van der Waals surface area contributed by atoms with E-state index in [1.165, 1.54) is 43.1 Å². The molecule has 4 N–H and O–H groups in total. The predicted molar refractivity (Wildman–Crippen MR) is 268 cm³/mol. The third-order valence-corrected chi connectivity index (χ3v) is 16.4. The highest BCUT2D eigenvalue weighted by Crippen LogP contribution is 2.45. The lowest BCUT2D eigenvalue weighted by Gasteiger charge is -2.50. The fourth-order valence-corrected chi connectivity index (χ4v) is 12.2.